The quantitative estimate of drug-likeness (QED) is 0.919. The maximum atomic E-state index is 13.7. The summed E-state index contributed by atoms with van der Waals surface area (Å²) in [6.07, 6.45) is 0.716. The van der Waals surface area contributed by atoms with E-state index in [1.807, 2.05) is 31.2 Å². The van der Waals surface area contributed by atoms with Gasteiger partial charge in [0.25, 0.3) is 0 Å². The zero-order valence-corrected chi connectivity index (χ0v) is 11.1. The third-order valence-corrected chi connectivity index (χ3v) is 3.17. The molecule has 0 saturated heterocycles. The molecule has 0 radical (unpaired) electrons. The lowest BCUT2D eigenvalue weighted by Gasteiger charge is -2.10. The number of aryl methyl sites for hydroxylation is 1. The molecule has 2 rings (SSSR count). The zero-order valence-electron chi connectivity index (χ0n) is 11.1. The van der Waals surface area contributed by atoms with Crippen LogP contribution in [0.25, 0.3) is 0 Å². The van der Waals surface area contributed by atoms with Gasteiger partial charge in [0.1, 0.15) is 6.07 Å². The minimum Gasteiger partial charge on any atom is -0.382 e. The third-order valence-electron chi connectivity index (χ3n) is 3.17. The first kappa shape index (κ1) is 14.0. The van der Waals surface area contributed by atoms with Crippen LogP contribution in [0.3, 0.4) is 0 Å². The Hall–Kier alpha value is -2.41. The van der Waals surface area contributed by atoms with Crippen molar-refractivity contribution in [2.24, 2.45) is 0 Å². The van der Waals surface area contributed by atoms with Crippen molar-refractivity contribution < 1.29 is 8.78 Å². The van der Waals surface area contributed by atoms with Crippen LogP contribution in [0.1, 0.15) is 16.7 Å². The number of nitrogens with zero attached hydrogens (tertiary/aromatic N) is 1. The minimum atomic E-state index is -1.10. The molecule has 0 amide bonds. The van der Waals surface area contributed by atoms with Gasteiger partial charge in [-0.2, -0.15) is 5.26 Å². The summed E-state index contributed by atoms with van der Waals surface area (Å²) in [5, 5.41) is 11.5. The number of anilines is 1. The molecule has 0 aliphatic carbocycles. The van der Waals surface area contributed by atoms with Crippen molar-refractivity contribution in [3.8, 4) is 6.07 Å². The van der Waals surface area contributed by atoms with Gasteiger partial charge in [-0.1, -0.05) is 24.3 Å². The molecule has 0 aliphatic rings. The highest BCUT2D eigenvalue weighted by Gasteiger charge is 2.12. The van der Waals surface area contributed by atoms with E-state index in [0.717, 1.165) is 5.56 Å². The third kappa shape index (κ3) is 2.94. The molecule has 0 unspecified atom stereocenters. The van der Waals surface area contributed by atoms with E-state index in [4.69, 9.17) is 5.26 Å². The summed E-state index contributed by atoms with van der Waals surface area (Å²) in [7, 11) is 0. The van der Waals surface area contributed by atoms with Crippen LogP contribution >= 0.6 is 0 Å². The zero-order chi connectivity index (χ0) is 14.5. The lowest BCUT2D eigenvalue weighted by atomic mass is 10.1. The van der Waals surface area contributed by atoms with Gasteiger partial charge in [0.15, 0.2) is 11.6 Å². The fourth-order valence-corrected chi connectivity index (χ4v) is 1.99. The SMILES string of the molecule is Cc1ccccc1CCNc1ccc(C#N)c(F)c1F. The molecule has 0 bridgehead atoms. The Kier molecular flexibility index (Phi) is 4.31. The molecule has 2 aromatic carbocycles. The Morgan fingerprint density at radius 3 is 2.55 bits per heavy atom. The number of nitriles is 1. The predicted molar refractivity (Wildman–Crippen MR) is 74.4 cm³/mol. The van der Waals surface area contributed by atoms with Crippen LogP contribution < -0.4 is 5.32 Å². The molecular formula is C16H14F2N2. The van der Waals surface area contributed by atoms with E-state index >= 15 is 0 Å². The maximum Gasteiger partial charge on any atom is 0.183 e. The average Bonchev–Trinajstić information content (AvgIpc) is 2.46. The van der Waals surface area contributed by atoms with Gasteiger partial charge in [-0.05, 0) is 36.6 Å². The highest BCUT2D eigenvalue weighted by Crippen LogP contribution is 2.20. The second kappa shape index (κ2) is 6.16. The monoisotopic (exact) mass is 272 g/mol. The van der Waals surface area contributed by atoms with Gasteiger partial charge in [-0.25, -0.2) is 8.78 Å². The molecule has 2 nitrogen and oxygen atoms in total. The molecule has 0 atom stereocenters. The van der Waals surface area contributed by atoms with E-state index in [1.54, 1.807) is 6.07 Å². The minimum absolute atomic E-state index is 0.0788. The van der Waals surface area contributed by atoms with Gasteiger partial charge in [0.05, 0.1) is 11.3 Å². The molecule has 102 valence electrons. The Morgan fingerprint density at radius 1 is 1.10 bits per heavy atom. The van der Waals surface area contributed by atoms with Crippen LogP contribution in [0.5, 0.6) is 0 Å². The molecule has 20 heavy (non-hydrogen) atoms. The molecule has 4 heteroatoms. The smallest absolute Gasteiger partial charge is 0.183 e. The Morgan fingerprint density at radius 2 is 1.85 bits per heavy atom. The number of hydrogen-bond acceptors (Lipinski definition) is 2. The van der Waals surface area contributed by atoms with Gasteiger partial charge >= 0.3 is 0 Å². The number of hydrogen-bond donors (Lipinski definition) is 1. The van der Waals surface area contributed by atoms with Crippen molar-refractivity contribution in [3.05, 3.63) is 64.7 Å². The van der Waals surface area contributed by atoms with E-state index in [-0.39, 0.29) is 11.3 Å². The van der Waals surface area contributed by atoms with Gasteiger partial charge in [0, 0.05) is 6.54 Å². The van der Waals surface area contributed by atoms with Crippen LogP contribution in [-0.2, 0) is 6.42 Å². The van der Waals surface area contributed by atoms with Crippen molar-refractivity contribution >= 4 is 5.69 Å². The van der Waals surface area contributed by atoms with Crippen LogP contribution in [0.15, 0.2) is 36.4 Å². The second-order valence-electron chi connectivity index (χ2n) is 4.50. The summed E-state index contributed by atoms with van der Waals surface area (Å²) >= 11 is 0. The van der Waals surface area contributed by atoms with E-state index in [2.05, 4.69) is 5.32 Å². The molecular weight excluding hydrogens is 258 g/mol. The molecule has 0 heterocycles. The number of benzene rings is 2. The van der Waals surface area contributed by atoms with Crippen molar-refractivity contribution in [1.82, 2.24) is 0 Å². The number of nitrogens with one attached hydrogen (secondary N) is 1. The summed E-state index contributed by atoms with van der Waals surface area (Å²) in [5.41, 5.74) is 2.12. The Balaban J connectivity index is 2.04. The van der Waals surface area contributed by atoms with Crippen LogP contribution in [-0.4, -0.2) is 6.54 Å². The largest absolute Gasteiger partial charge is 0.382 e. The fourth-order valence-electron chi connectivity index (χ4n) is 1.99. The first-order chi connectivity index (χ1) is 9.63. The average molecular weight is 272 g/mol. The maximum absolute atomic E-state index is 13.7. The molecule has 0 aliphatic heterocycles. The van der Waals surface area contributed by atoms with Crippen molar-refractivity contribution in [1.29, 1.82) is 5.26 Å². The van der Waals surface area contributed by atoms with E-state index < -0.39 is 11.6 Å². The highest BCUT2D eigenvalue weighted by atomic mass is 19.2. The molecule has 1 N–H and O–H groups in total. The predicted octanol–water partition coefficient (Wildman–Crippen LogP) is 3.80. The fraction of sp³-hybridized carbons (Fsp3) is 0.188. The normalized spacial score (nSPS) is 10.1. The summed E-state index contributed by atoms with van der Waals surface area (Å²) in [6, 6.07) is 12.2. The van der Waals surface area contributed by atoms with Gasteiger partial charge in [-0.3, -0.25) is 0 Å². The van der Waals surface area contributed by atoms with Crippen LogP contribution in [0.2, 0.25) is 0 Å². The van der Waals surface area contributed by atoms with Crippen LogP contribution in [0.4, 0.5) is 14.5 Å². The molecule has 0 saturated carbocycles. The number of rotatable bonds is 4. The molecule has 0 fully saturated rings. The van der Waals surface area contributed by atoms with E-state index in [9.17, 15) is 8.78 Å². The first-order valence-electron chi connectivity index (χ1n) is 6.30. The van der Waals surface area contributed by atoms with E-state index in [1.165, 1.54) is 17.7 Å². The van der Waals surface area contributed by atoms with E-state index in [0.29, 0.717) is 13.0 Å². The highest BCUT2D eigenvalue weighted by molar-refractivity contribution is 5.49. The molecule has 2 aromatic rings. The van der Waals surface area contributed by atoms with Crippen molar-refractivity contribution in [3.63, 3.8) is 0 Å². The van der Waals surface area contributed by atoms with Gasteiger partial charge in [0.2, 0.25) is 0 Å². The van der Waals surface area contributed by atoms with Crippen molar-refractivity contribution in [2.45, 2.75) is 13.3 Å². The second-order valence-corrected chi connectivity index (χ2v) is 4.50. The summed E-state index contributed by atoms with van der Waals surface area (Å²) < 4.78 is 27.1. The first-order valence-corrected chi connectivity index (χ1v) is 6.30. The van der Waals surface area contributed by atoms with Gasteiger partial charge < -0.3 is 5.32 Å². The lowest BCUT2D eigenvalue weighted by molar-refractivity contribution is 0.508. The summed E-state index contributed by atoms with van der Waals surface area (Å²) in [6.45, 7) is 2.50. The lowest BCUT2D eigenvalue weighted by Crippen LogP contribution is -2.08. The standard InChI is InChI=1S/C16H14F2N2/c1-11-4-2-3-5-12(11)8-9-20-14-7-6-13(10-19)15(17)16(14)18/h2-7,20H,8-9H2,1H3. The molecule has 0 aromatic heterocycles. The van der Waals surface area contributed by atoms with Crippen molar-refractivity contribution in [2.75, 3.05) is 11.9 Å². The summed E-state index contributed by atoms with van der Waals surface area (Å²) in [5.74, 6) is -2.11. The van der Waals surface area contributed by atoms with Gasteiger partial charge in [-0.15, -0.1) is 0 Å². The van der Waals surface area contributed by atoms with Crippen LogP contribution in [0, 0.1) is 29.9 Å². The molecule has 0 spiro atoms. The Bertz CT molecular complexity index is 660. The number of halogens is 2. The summed E-state index contributed by atoms with van der Waals surface area (Å²) in [4.78, 5) is 0. The Labute approximate surface area is 116 Å². The topological polar surface area (TPSA) is 35.8 Å².